The molecule has 1 atom stereocenters. The van der Waals surface area contributed by atoms with Crippen LogP contribution in [-0.2, 0) is 11.3 Å². The molecule has 0 aliphatic rings. The number of amides is 1. The highest BCUT2D eigenvalue weighted by molar-refractivity contribution is 5.87. The fraction of sp³-hybridized carbons (Fsp3) is 0.323. The van der Waals surface area contributed by atoms with Crippen molar-refractivity contribution in [1.29, 1.82) is 0 Å². The number of methoxy groups -OCH3 is 2. The van der Waals surface area contributed by atoms with Crippen molar-refractivity contribution in [3.63, 3.8) is 0 Å². The molecule has 37 heavy (non-hydrogen) atoms. The normalized spacial score (nSPS) is 11.9. The smallest absolute Gasteiger partial charge is 0.220 e. The highest BCUT2D eigenvalue weighted by Gasteiger charge is 2.24. The first-order valence-electron chi connectivity index (χ1n) is 12.8. The van der Waals surface area contributed by atoms with Gasteiger partial charge in [-0.1, -0.05) is 50.1 Å². The average molecular weight is 503 g/mol. The number of para-hydroxylation sites is 1. The first kappa shape index (κ1) is 26.3. The molecule has 1 N–H and O–H groups in total. The third-order valence-electron chi connectivity index (χ3n) is 6.73. The molecular weight excluding hydrogens is 467 g/mol. The van der Waals surface area contributed by atoms with Gasteiger partial charge in [-0.25, -0.2) is 4.39 Å². The van der Waals surface area contributed by atoms with Crippen LogP contribution in [0.2, 0.25) is 0 Å². The Labute approximate surface area is 218 Å². The Morgan fingerprint density at radius 2 is 1.68 bits per heavy atom. The predicted octanol–water partition coefficient (Wildman–Crippen LogP) is 6.67. The van der Waals surface area contributed by atoms with Crippen LogP contribution in [0.15, 0.2) is 72.9 Å². The third-order valence-corrected chi connectivity index (χ3v) is 6.73. The summed E-state index contributed by atoms with van der Waals surface area (Å²) in [4.78, 5) is 13.1. The molecule has 194 valence electrons. The van der Waals surface area contributed by atoms with E-state index in [9.17, 15) is 9.18 Å². The predicted molar refractivity (Wildman–Crippen MR) is 146 cm³/mol. The molecule has 6 heteroatoms. The second-order valence-electron chi connectivity index (χ2n) is 9.32. The van der Waals surface area contributed by atoms with Gasteiger partial charge in [-0.2, -0.15) is 0 Å². The van der Waals surface area contributed by atoms with Gasteiger partial charge in [-0.3, -0.25) is 4.79 Å². The Balaban J connectivity index is 1.76. The fourth-order valence-electron chi connectivity index (χ4n) is 4.77. The quantitative estimate of drug-likeness (QED) is 0.220. The average Bonchev–Trinajstić information content (AvgIpc) is 3.28. The molecule has 0 aliphatic carbocycles. The number of hydrogen-bond acceptors (Lipinski definition) is 3. The van der Waals surface area contributed by atoms with Gasteiger partial charge in [0.1, 0.15) is 17.3 Å². The maximum atomic E-state index is 13.5. The van der Waals surface area contributed by atoms with Crippen molar-refractivity contribution in [2.24, 2.45) is 0 Å². The topological polar surface area (TPSA) is 52.5 Å². The van der Waals surface area contributed by atoms with E-state index in [0.29, 0.717) is 31.0 Å². The Hall–Kier alpha value is -3.80. The number of nitrogens with one attached hydrogen (secondary N) is 1. The zero-order valence-electron chi connectivity index (χ0n) is 21.8. The maximum Gasteiger partial charge on any atom is 0.220 e. The minimum Gasteiger partial charge on any atom is -0.497 e. The molecule has 0 fully saturated rings. The number of ether oxygens (including phenoxy) is 2. The van der Waals surface area contributed by atoms with E-state index < -0.39 is 0 Å². The number of fused-ring (bicyclic) bond motifs is 1. The Morgan fingerprint density at radius 1 is 0.973 bits per heavy atom. The number of aromatic nitrogens is 1. The van der Waals surface area contributed by atoms with Crippen LogP contribution in [0, 0.1) is 5.82 Å². The Kier molecular flexibility index (Phi) is 8.83. The second kappa shape index (κ2) is 12.4. The molecular formula is C31H35FN2O3. The van der Waals surface area contributed by atoms with Gasteiger partial charge in [-0.15, -0.1) is 0 Å². The lowest BCUT2D eigenvalue weighted by atomic mass is 9.87. The molecule has 4 aromatic rings. The number of benzene rings is 3. The molecule has 1 heterocycles. The zero-order chi connectivity index (χ0) is 26.2. The van der Waals surface area contributed by atoms with Crippen LogP contribution >= 0.6 is 0 Å². The van der Waals surface area contributed by atoms with E-state index in [2.05, 4.69) is 35.1 Å². The first-order valence-corrected chi connectivity index (χ1v) is 12.8. The van der Waals surface area contributed by atoms with Crippen molar-refractivity contribution >= 4 is 16.8 Å². The summed E-state index contributed by atoms with van der Waals surface area (Å²) in [6.07, 6.45) is 5.59. The highest BCUT2D eigenvalue weighted by Crippen LogP contribution is 2.38. The third kappa shape index (κ3) is 6.50. The van der Waals surface area contributed by atoms with E-state index in [1.54, 1.807) is 26.4 Å². The number of halogens is 1. The maximum absolute atomic E-state index is 13.5. The first-order chi connectivity index (χ1) is 18.0. The summed E-state index contributed by atoms with van der Waals surface area (Å²) in [6.45, 7) is 3.42. The van der Waals surface area contributed by atoms with Gasteiger partial charge < -0.3 is 19.4 Å². The van der Waals surface area contributed by atoms with Crippen LogP contribution < -0.4 is 14.8 Å². The van der Waals surface area contributed by atoms with E-state index in [0.717, 1.165) is 46.9 Å². The standard InChI is InChI=1S/C31H35FN2O3/c1-4-5-8-15-33-31(35)19-28(23-16-25(36-2)18-26(17-23)37-3)29-21-34(30-10-7-6-9-27(29)30)20-22-11-13-24(32)14-12-22/h6-7,9-14,16-18,21,28H,4-5,8,15,19-20H2,1-3H3,(H,33,35)/t28-/m0/s1. The summed E-state index contributed by atoms with van der Waals surface area (Å²) in [6, 6.07) is 20.6. The molecule has 5 nitrogen and oxygen atoms in total. The van der Waals surface area contributed by atoms with Crippen LogP contribution in [0.4, 0.5) is 4.39 Å². The summed E-state index contributed by atoms with van der Waals surface area (Å²) in [5, 5.41) is 4.18. The summed E-state index contributed by atoms with van der Waals surface area (Å²) in [5.41, 5.74) is 4.06. The number of hydrogen-bond donors (Lipinski definition) is 1. The van der Waals surface area contributed by atoms with E-state index in [1.165, 1.54) is 12.1 Å². The van der Waals surface area contributed by atoms with Gasteiger partial charge in [-0.05, 0) is 53.4 Å². The van der Waals surface area contributed by atoms with Crippen LogP contribution in [0.5, 0.6) is 11.5 Å². The zero-order valence-corrected chi connectivity index (χ0v) is 21.8. The van der Waals surface area contributed by atoms with Crippen molar-refractivity contribution in [3.8, 4) is 11.5 Å². The number of rotatable bonds is 12. The lowest BCUT2D eigenvalue weighted by molar-refractivity contribution is -0.121. The molecule has 0 spiro atoms. The second-order valence-corrected chi connectivity index (χ2v) is 9.32. The Bertz CT molecular complexity index is 1310. The highest BCUT2D eigenvalue weighted by atomic mass is 19.1. The molecule has 0 bridgehead atoms. The summed E-state index contributed by atoms with van der Waals surface area (Å²) in [5.74, 6) is 0.905. The molecule has 1 aromatic heterocycles. The van der Waals surface area contributed by atoms with E-state index in [4.69, 9.17) is 9.47 Å². The Morgan fingerprint density at radius 3 is 2.35 bits per heavy atom. The van der Waals surface area contributed by atoms with Crippen LogP contribution in [-0.4, -0.2) is 31.2 Å². The summed E-state index contributed by atoms with van der Waals surface area (Å²) in [7, 11) is 3.26. The van der Waals surface area contributed by atoms with E-state index >= 15 is 0 Å². The van der Waals surface area contributed by atoms with E-state index in [1.807, 2.05) is 30.3 Å². The SMILES string of the molecule is CCCCCNC(=O)C[C@@H](c1cc(OC)cc(OC)c1)c1cn(Cc2ccc(F)cc2)c2ccccc12. The van der Waals surface area contributed by atoms with Gasteiger partial charge in [0.25, 0.3) is 0 Å². The van der Waals surface area contributed by atoms with Crippen LogP contribution in [0.3, 0.4) is 0 Å². The fourth-order valence-corrected chi connectivity index (χ4v) is 4.77. The molecule has 4 rings (SSSR count). The van der Waals surface area contributed by atoms with Gasteiger partial charge in [0.2, 0.25) is 5.91 Å². The molecule has 0 aliphatic heterocycles. The van der Waals surface area contributed by atoms with Gasteiger partial charge >= 0.3 is 0 Å². The molecule has 1 amide bonds. The van der Waals surface area contributed by atoms with Crippen LogP contribution in [0.1, 0.15) is 55.2 Å². The van der Waals surface area contributed by atoms with Gasteiger partial charge in [0.15, 0.2) is 0 Å². The molecule has 0 unspecified atom stereocenters. The lowest BCUT2D eigenvalue weighted by Crippen LogP contribution is -2.26. The van der Waals surface area contributed by atoms with Gasteiger partial charge in [0.05, 0.1) is 14.2 Å². The van der Waals surface area contributed by atoms with Crippen molar-refractivity contribution in [2.75, 3.05) is 20.8 Å². The lowest BCUT2D eigenvalue weighted by Gasteiger charge is -2.19. The number of unbranched alkanes of at least 4 members (excludes halogenated alkanes) is 2. The van der Waals surface area contributed by atoms with Crippen LogP contribution in [0.25, 0.3) is 10.9 Å². The van der Waals surface area contributed by atoms with Crippen molar-refractivity contribution in [1.82, 2.24) is 9.88 Å². The molecule has 0 saturated carbocycles. The number of carbonyl (C=O) groups is 1. The monoisotopic (exact) mass is 502 g/mol. The minimum atomic E-state index is -0.251. The van der Waals surface area contributed by atoms with Crippen molar-refractivity contribution in [3.05, 3.63) is 95.4 Å². The number of carbonyl (C=O) groups excluding carboxylic acids is 1. The van der Waals surface area contributed by atoms with Crippen molar-refractivity contribution < 1.29 is 18.7 Å². The largest absolute Gasteiger partial charge is 0.497 e. The molecule has 0 saturated heterocycles. The van der Waals surface area contributed by atoms with Gasteiger partial charge in [0, 0.05) is 48.6 Å². The van der Waals surface area contributed by atoms with E-state index in [-0.39, 0.29) is 17.6 Å². The molecule has 0 radical (unpaired) electrons. The summed E-state index contributed by atoms with van der Waals surface area (Å²) >= 11 is 0. The van der Waals surface area contributed by atoms with Crippen molar-refractivity contribution in [2.45, 2.75) is 45.1 Å². The molecule has 3 aromatic carbocycles. The summed E-state index contributed by atoms with van der Waals surface area (Å²) < 4.78 is 26.7. The minimum absolute atomic E-state index is 0.0123. The number of nitrogens with zero attached hydrogens (tertiary/aromatic N) is 1.